The molecule has 2 saturated heterocycles. The average molecular weight is 325 g/mol. The molecule has 2 aliphatic heterocycles. The lowest BCUT2D eigenvalue weighted by atomic mass is 10.1. The summed E-state index contributed by atoms with van der Waals surface area (Å²) in [7, 11) is -4.89. The maximum Gasteiger partial charge on any atom is 0.280 e. The molecule has 2 N–H and O–H groups in total. The molecule has 2 rings (SSSR count). The SMILES string of the molecule is CNCC1CCCCN1S(=O)(=O)NC1CCS(=O)(=O)C1. The van der Waals surface area contributed by atoms with Gasteiger partial charge in [-0.25, -0.2) is 8.42 Å². The van der Waals surface area contributed by atoms with E-state index in [1.165, 1.54) is 4.31 Å². The van der Waals surface area contributed by atoms with Crippen molar-refractivity contribution in [1.82, 2.24) is 14.3 Å². The van der Waals surface area contributed by atoms with E-state index in [-0.39, 0.29) is 17.5 Å². The molecule has 2 atom stereocenters. The maximum atomic E-state index is 12.4. The number of nitrogens with one attached hydrogen (secondary N) is 2. The van der Waals surface area contributed by atoms with Crippen LogP contribution in [0.1, 0.15) is 25.7 Å². The van der Waals surface area contributed by atoms with Gasteiger partial charge in [-0.2, -0.15) is 17.4 Å². The molecule has 0 aromatic carbocycles. The zero-order valence-electron chi connectivity index (χ0n) is 11.7. The van der Waals surface area contributed by atoms with E-state index < -0.39 is 26.1 Å². The van der Waals surface area contributed by atoms with Gasteiger partial charge in [-0.3, -0.25) is 0 Å². The lowest BCUT2D eigenvalue weighted by Crippen LogP contribution is -2.54. The number of piperidine rings is 1. The molecule has 0 saturated carbocycles. The standard InChI is InChI=1S/C11H23N3O4S2/c1-12-8-11-4-2-3-6-14(11)20(17,18)13-10-5-7-19(15,16)9-10/h10-13H,2-9H2,1H3. The fraction of sp³-hybridized carbons (Fsp3) is 1.00. The predicted octanol–water partition coefficient (Wildman–Crippen LogP) is -0.918. The van der Waals surface area contributed by atoms with Crippen molar-refractivity contribution in [2.75, 3.05) is 31.6 Å². The molecule has 2 fully saturated rings. The summed E-state index contributed by atoms with van der Waals surface area (Å²) in [6, 6.07) is -0.536. The third-order valence-electron chi connectivity index (χ3n) is 3.87. The zero-order chi connectivity index (χ0) is 14.8. The van der Waals surface area contributed by atoms with Crippen molar-refractivity contribution in [3.8, 4) is 0 Å². The van der Waals surface area contributed by atoms with Gasteiger partial charge in [0, 0.05) is 25.2 Å². The smallest absolute Gasteiger partial charge is 0.280 e. The quantitative estimate of drug-likeness (QED) is 0.682. The highest BCUT2D eigenvalue weighted by atomic mass is 32.2. The third-order valence-corrected chi connectivity index (χ3v) is 7.37. The van der Waals surface area contributed by atoms with Crippen LogP contribution in [-0.2, 0) is 20.0 Å². The van der Waals surface area contributed by atoms with Crippen LogP contribution in [0.2, 0.25) is 0 Å². The molecule has 20 heavy (non-hydrogen) atoms. The summed E-state index contributed by atoms with van der Waals surface area (Å²) in [4.78, 5) is 0. The van der Waals surface area contributed by atoms with Gasteiger partial charge in [-0.1, -0.05) is 6.42 Å². The molecule has 2 heterocycles. The third kappa shape index (κ3) is 3.91. The van der Waals surface area contributed by atoms with Crippen molar-refractivity contribution in [2.45, 2.75) is 37.8 Å². The van der Waals surface area contributed by atoms with Crippen LogP contribution < -0.4 is 10.0 Å². The second kappa shape index (κ2) is 6.27. The van der Waals surface area contributed by atoms with Crippen LogP contribution >= 0.6 is 0 Å². The van der Waals surface area contributed by atoms with E-state index in [2.05, 4.69) is 10.0 Å². The first kappa shape index (κ1) is 16.2. The van der Waals surface area contributed by atoms with Crippen molar-refractivity contribution in [3.63, 3.8) is 0 Å². The number of hydrogen-bond acceptors (Lipinski definition) is 5. The Morgan fingerprint density at radius 1 is 1.25 bits per heavy atom. The van der Waals surface area contributed by atoms with Crippen LogP contribution in [0.25, 0.3) is 0 Å². The number of likely N-dealkylation sites (N-methyl/N-ethyl adjacent to an activating group) is 1. The van der Waals surface area contributed by atoms with Crippen molar-refractivity contribution in [2.24, 2.45) is 0 Å². The summed E-state index contributed by atoms with van der Waals surface area (Å²) in [5.41, 5.74) is 0. The monoisotopic (exact) mass is 325 g/mol. The number of rotatable bonds is 5. The van der Waals surface area contributed by atoms with Crippen molar-refractivity contribution < 1.29 is 16.8 Å². The molecule has 0 aliphatic carbocycles. The lowest BCUT2D eigenvalue weighted by Gasteiger charge is -2.35. The average Bonchev–Trinajstić information content (AvgIpc) is 2.69. The normalized spacial score (nSPS) is 31.4. The molecule has 0 aromatic rings. The molecule has 0 radical (unpaired) electrons. The summed E-state index contributed by atoms with van der Waals surface area (Å²) in [5, 5.41) is 3.02. The van der Waals surface area contributed by atoms with E-state index in [4.69, 9.17) is 0 Å². The van der Waals surface area contributed by atoms with Crippen molar-refractivity contribution in [1.29, 1.82) is 0 Å². The minimum absolute atomic E-state index is 0.0516. The minimum Gasteiger partial charge on any atom is -0.318 e. The largest absolute Gasteiger partial charge is 0.318 e. The molecule has 0 aromatic heterocycles. The van der Waals surface area contributed by atoms with Gasteiger partial charge >= 0.3 is 0 Å². The van der Waals surface area contributed by atoms with Crippen LogP contribution in [0, 0.1) is 0 Å². The van der Waals surface area contributed by atoms with E-state index in [0.29, 0.717) is 19.5 Å². The highest BCUT2D eigenvalue weighted by molar-refractivity contribution is 7.91. The highest BCUT2D eigenvalue weighted by Gasteiger charge is 2.36. The Bertz CT molecular complexity index is 530. The second-order valence-corrected chi connectivity index (χ2v) is 9.42. The van der Waals surface area contributed by atoms with Crippen LogP contribution in [0.5, 0.6) is 0 Å². The Kier molecular flexibility index (Phi) is 5.06. The molecular formula is C11H23N3O4S2. The number of nitrogens with zero attached hydrogens (tertiary/aromatic N) is 1. The minimum atomic E-state index is -3.61. The first-order valence-electron chi connectivity index (χ1n) is 6.98. The van der Waals surface area contributed by atoms with E-state index in [1.54, 1.807) is 7.05 Å². The van der Waals surface area contributed by atoms with Gasteiger partial charge in [0.1, 0.15) is 0 Å². The molecule has 0 amide bonds. The van der Waals surface area contributed by atoms with E-state index >= 15 is 0 Å². The molecule has 7 nitrogen and oxygen atoms in total. The van der Waals surface area contributed by atoms with Gasteiger partial charge in [0.2, 0.25) is 0 Å². The van der Waals surface area contributed by atoms with Gasteiger partial charge in [0.25, 0.3) is 10.2 Å². The summed E-state index contributed by atoms with van der Waals surface area (Å²) in [6.45, 7) is 1.12. The fourth-order valence-electron chi connectivity index (χ4n) is 2.90. The van der Waals surface area contributed by atoms with Crippen molar-refractivity contribution >= 4 is 20.0 Å². The number of sulfone groups is 1. The Morgan fingerprint density at radius 3 is 2.60 bits per heavy atom. The van der Waals surface area contributed by atoms with Crippen molar-refractivity contribution in [3.05, 3.63) is 0 Å². The van der Waals surface area contributed by atoms with E-state index in [0.717, 1.165) is 19.3 Å². The Morgan fingerprint density at radius 2 is 2.00 bits per heavy atom. The van der Waals surface area contributed by atoms with Crippen LogP contribution in [-0.4, -0.2) is 64.9 Å². The van der Waals surface area contributed by atoms with E-state index in [1.807, 2.05) is 0 Å². The van der Waals surface area contributed by atoms with Crippen LogP contribution in [0.3, 0.4) is 0 Å². The molecule has 2 aliphatic rings. The predicted molar refractivity (Wildman–Crippen MR) is 77.4 cm³/mol. The van der Waals surface area contributed by atoms with Crippen LogP contribution in [0.15, 0.2) is 0 Å². The molecule has 118 valence electrons. The molecule has 0 spiro atoms. The van der Waals surface area contributed by atoms with Gasteiger partial charge in [-0.05, 0) is 26.3 Å². The summed E-state index contributed by atoms with van der Waals surface area (Å²) >= 11 is 0. The van der Waals surface area contributed by atoms with Gasteiger partial charge in [0.15, 0.2) is 9.84 Å². The Balaban J connectivity index is 2.05. The topological polar surface area (TPSA) is 95.6 Å². The summed E-state index contributed by atoms with van der Waals surface area (Å²) < 4.78 is 51.7. The summed E-state index contributed by atoms with van der Waals surface area (Å²) in [5.74, 6) is -0.0170. The summed E-state index contributed by atoms with van der Waals surface area (Å²) in [6.07, 6.45) is 3.08. The van der Waals surface area contributed by atoms with Gasteiger partial charge < -0.3 is 5.32 Å². The fourth-order valence-corrected chi connectivity index (χ4v) is 6.37. The second-order valence-electron chi connectivity index (χ2n) is 5.54. The van der Waals surface area contributed by atoms with Crippen LogP contribution in [0.4, 0.5) is 0 Å². The van der Waals surface area contributed by atoms with Gasteiger partial charge in [-0.15, -0.1) is 0 Å². The molecular weight excluding hydrogens is 302 g/mol. The molecule has 2 unspecified atom stereocenters. The zero-order valence-corrected chi connectivity index (χ0v) is 13.3. The molecule has 0 bridgehead atoms. The first-order valence-corrected chi connectivity index (χ1v) is 10.2. The van der Waals surface area contributed by atoms with E-state index in [9.17, 15) is 16.8 Å². The lowest BCUT2D eigenvalue weighted by molar-refractivity contribution is 0.245. The highest BCUT2D eigenvalue weighted by Crippen LogP contribution is 2.21. The van der Waals surface area contributed by atoms with Gasteiger partial charge in [0.05, 0.1) is 11.5 Å². The molecule has 9 heteroatoms. The Labute approximate surface area is 121 Å². The first-order chi connectivity index (χ1) is 9.34. The maximum absolute atomic E-state index is 12.4. The number of hydrogen-bond donors (Lipinski definition) is 2. The Hall–Kier alpha value is -0.220.